The maximum Gasteiger partial charge on any atom is 0.493 e. The molecule has 2 heterocycles. The smallest absolute Gasteiger partial charge is 0.407 e. The van der Waals surface area contributed by atoms with Crippen LogP contribution in [0.25, 0.3) is 39.6 Å². The normalized spacial score (nSPS) is 15.0. The molecule has 0 aliphatic carbocycles. The summed E-state index contributed by atoms with van der Waals surface area (Å²) >= 11 is 0. The average molecular weight is 484 g/mol. The van der Waals surface area contributed by atoms with Crippen LogP contribution >= 0.6 is 0 Å². The van der Waals surface area contributed by atoms with Crippen LogP contribution < -0.4 is 5.46 Å². The summed E-state index contributed by atoms with van der Waals surface area (Å²) in [6.45, 7) is 5.65. The molecule has 0 saturated carbocycles. The molecule has 0 spiro atoms. The number of nitrogens with zero attached hydrogens (tertiary/aromatic N) is 2. The Kier molecular flexibility index (Phi) is 6.25. The minimum absolute atomic E-state index is 0.0179. The molecule has 1 aliphatic heterocycles. The van der Waals surface area contributed by atoms with Gasteiger partial charge in [-0.05, 0) is 17.6 Å². The standard InChI is InChI=1S/C32H29BN2O2/c1-32(2)22-36-33(37-23-32)27-19-12-20-28(21-27)35-30(25-15-8-4-9-16-25)29(24-13-6-3-7-14-24)34-31(35)26-17-10-5-11-18-26/h3-21H,22-23H2,1-2H3. The van der Waals surface area contributed by atoms with Crippen LogP contribution in [-0.4, -0.2) is 29.9 Å². The van der Waals surface area contributed by atoms with Crippen molar-refractivity contribution in [3.8, 4) is 39.6 Å². The largest absolute Gasteiger partial charge is 0.493 e. The number of hydrogen-bond acceptors (Lipinski definition) is 3. The lowest BCUT2D eigenvalue weighted by Crippen LogP contribution is -2.47. The minimum Gasteiger partial charge on any atom is -0.407 e. The maximum absolute atomic E-state index is 6.13. The van der Waals surface area contributed by atoms with Crippen molar-refractivity contribution in [1.82, 2.24) is 9.55 Å². The van der Waals surface area contributed by atoms with E-state index < -0.39 is 0 Å². The molecule has 37 heavy (non-hydrogen) atoms. The fourth-order valence-electron chi connectivity index (χ4n) is 4.81. The van der Waals surface area contributed by atoms with E-state index in [2.05, 4.69) is 115 Å². The lowest BCUT2D eigenvalue weighted by Gasteiger charge is -2.33. The van der Waals surface area contributed by atoms with Gasteiger partial charge in [0.2, 0.25) is 0 Å². The minimum atomic E-state index is -0.384. The lowest BCUT2D eigenvalue weighted by atomic mass is 9.76. The number of imidazole rings is 1. The molecule has 1 aromatic heterocycles. The molecule has 5 aromatic rings. The Labute approximate surface area is 218 Å². The van der Waals surface area contributed by atoms with Crippen molar-refractivity contribution in [2.45, 2.75) is 13.8 Å². The van der Waals surface area contributed by atoms with Gasteiger partial charge >= 0.3 is 7.12 Å². The van der Waals surface area contributed by atoms with Crippen molar-refractivity contribution in [1.29, 1.82) is 0 Å². The van der Waals surface area contributed by atoms with E-state index in [1.165, 1.54) is 0 Å². The Balaban J connectivity index is 1.57. The van der Waals surface area contributed by atoms with Crippen LogP contribution in [0, 0.1) is 5.41 Å². The first-order chi connectivity index (χ1) is 18.1. The van der Waals surface area contributed by atoms with E-state index in [0.29, 0.717) is 13.2 Å². The first-order valence-corrected chi connectivity index (χ1v) is 12.7. The van der Waals surface area contributed by atoms with Crippen molar-refractivity contribution < 1.29 is 9.31 Å². The second-order valence-corrected chi connectivity index (χ2v) is 10.3. The van der Waals surface area contributed by atoms with E-state index in [9.17, 15) is 0 Å². The van der Waals surface area contributed by atoms with Crippen molar-refractivity contribution in [2.75, 3.05) is 13.2 Å². The topological polar surface area (TPSA) is 36.3 Å². The van der Waals surface area contributed by atoms with E-state index in [0.717, 1.165) is 45.1 Å². The van der Waals surface area contributed by atoms with Crippen LogP contribution in [0.4, 0.5) is 0 Å². The SMILES string of the molecule is CC1(C)COB(c2cccc(-n3c(-c4ccccc4)nc(-c4ccccc4)c3-c3ccccc3)c2)OC1. The Morgan fingerprint density at radius 3 is 1.86 bits per heavy atom. The predicted octanol–water partition coefficient (Wildman–Crippen LogP) is 6.64. The lowest BCUT2D eigenvalue weighted by molar-refractivity contribution is 0.0343. The Bertz CT molecular complexity index is 1490. The van der Waals surface area contributed by atoms with Crippen LogP contribution in [-0.2, 0) is 9.31 Å². The van der Waals surface area contributed by atoms with E-state index in [1.807, 2.05) is 18.2 Å². The monoisotopic (exact) mass is 484 g/mol. The third kappa shape index (κ3) is 4.76. The van der Waals surface area contributed by atoms with Crippen LogP contribution in [0.2, 0.25) is 0 Å². The molecule has 4 aromatic carbocycles. The molecule has 0 atom stereocenters. The summed E-state index contributed by atoms with van der Waals surface area (Å²) in [7, 11) is -0.384. The van der Waals surface area contributed by atoms with E-state index in [4.69, 9.17) is 14.3 Å². The Morgan fingerprint density at radius 1 is 0.676 bits per heavy atom. The average Bonchev–Trinajstić information content (AvgIpc) is 3.35. The van der Waals surface area contributed by atoms with Gasteiger partial charge in [0.25, 0.3) is 0 Å². The summed E-state index contributed by atoms with van der Waals surface area (Å²) in [4.78, 5) is 5.27. The molecule has 6 rings (SSSR count). The van der Waals surface area contributed by atoms with E-state index in [1.54, 1.807) is 0 Å². The number of hydrogen-bond donors (Lipinski definition) is 0. The molecular formula is C32H29BN2O2. The summed E-state index contributed by atoms with van der Waals surface area (Å²) in [5, 5.41) is 0. The Morgan fingerprint density at radius 2 is 1.24 bits per heavy atom. The first kappa shape index (κ1) is 23.5. The second-order valence-electron chi connectivity index (χ2n) is 10.3. The summed E-state index contributed by atoms with van der Waals surface area (Å²) in [6.07, 6.45) is 0. The number of aromatic nitrogens is 2. The summed E-state index contributed by atoms with van der Waals surface area (Å²) in [6, 6.07) is 39.7. The van der Waals surface area contributed by atoms with Crippen molar-refractivity contribution in [2.24, 2.45) is 5.41 Å². The highest BCUT2D eigenvalue weighted by molar-refractivity contribution is 6.61. The molecule has 0 N–H and O–H groups in total. The van der Waals surface area contributed by atoms with Gasteiger partial charge in [0.15, 0.2) is 0 Å². The predicted molar refractivity (Wildman–Crippen MR) is 151 cm³/mol. The van der Waals surface area contributed by atoms with Gasteiger partial charge in [-0.2, -0.15) is 0 Å². The molecule has 0 unspecified atom stereocenters. The molecule has 0 radical (unpaired) electrons. The highest BCUT2D eigenvalue weighted by atomic mass is 16.6. The van der Waals surface area contributed by atoms with Gasteiger partial charge in [0, 0.05) is 41.0 Å². The quantitative estimate of drug-likeness (QED) is 0.263. The second kappa shape index (κ2) is 9.85. The van der Waals surface area contributed by atoms with Gasteiger partial charge in [-0.3, -0.25) is 4.57 Å². The molecule has 4 nitrogen and oxygen atoms in total. The summed E-state index contributed by atoms with van der Waals surface area (Å²) in [5.41, 5.74) is 7.27. The van der Waals surface area contributed by atoms with Crippen molar-refractivity contribution in [3.05, 3.63) is 115 Å². The van der Waals surface area contributed by atoms with Crippen LogP contribution in [0.5, 0.6) is 0 Å². The molecule has 0 amide bonds. The number of rotatable bonds is 5. The first-order valence-electron chi connectivity index (χ1n) is 12.7. The zero-order chi connectivity index (χ0) is 25.2. The third-order valence-corrected chi connectivity index (χ3v) is 6.66. The molecule has 0 bridgehead atoms. The van der Waals surface area contributed by atoms with Gasteiger partial charge in [-0.1, -0.05) is 117 Å². The molecular weight excluding hydrogens is 455 g/mol. The zero-order valence-corrected chi connectivity index (χ0v) is 21.2. The summed E-state index contributed by atoms with van der Waals surface area (Å²) < 4.78 is 14.5. The highest BCUT2D eigenvalue weighted by Gasteiger charge is 2.34. The zero-order valence-electron chi connectivity index (χ0n) is 21.2. The van der Waals surface area contributed by atoms with Gasteiger partial charge in [-0.15, -0.1) is 0 Å². The van der Waals surface area contributed by atoms with Crippen LogP contribution in [0.1, 0.15) is 13.8 Å². The fraction of sp³-hybridized carbons (Fsp3) is 0.156. The van der Waals surface area contributed by atoms with Gasteiger partial charge in [-0.25, -0.2) is 4.98 Å². The molecule has 1 fully saturated rings. The third-order valence-electron chi connectivity index (χ3n) is 6.66. The van der Waals surface area contributed by atoms with Crippen LogP contribution in [0.3, 0.4) is 0 Å². The molecule has 1 aliphatic rings. The van der Waals surface area contributed by atoms with E-state index >= 15 is 0 Å². The highest BCUT2D eigenvalue weighted by Crippen LogP contribution is 2.38. The van der Waals surface area contributed by atoms with Gasteiger partial charge in [0.05, 0.1) is 11.4 Å². The maximum atomic E-state index is 6.13. The fourth-order valence-corrected chi connectivity index (χ4v) is 4.81. The molecule has 182 valence electrons. The van der Waals surface area contributed by atoms with E-state index in [-0.39, 0.29) is 12.5 Å². The Hall–Kier alpha value is -3.93. The van der Waals surface area contributed by atoms with Gasteiger partial charge in [0.1, 0.15) is 5.82 Å². The molecule has 1 saturated heterocycles. The molecule has 5 heteroatoms. The van der Waals surface area contributed by atoms with Crippen molar-refractivity contribution >= 4 is 12.6 Å². The van der Waals surface area contributed by atoms with Gasteiger partial charge < -0.3 is 9.31 Å². The van der Waals surface area contributed by atoms with Crippen molar-refractivity contribution in [3.63, 3.8) is 0 Å². The van der Waals surface area contributed by atoms with Crippen LogP contribution in [0.15, 0.2) is 115 Å². The summed E-state index contributed by atoms with van der Waals surface area (Å²) in [5.74, 6) is 0.891. The number of benzene rings is 4.